The first-order chi connectivity index (χ1) is 11.6. The molecule has 0 saturated heterocycles. The average Bonchev–Trinajstić information content (AvgIpc) is 2.84. The first-order valence-corrected chi connectivity index (χ1v) is 10.2. The van der Waals surface area contributed by atoms with Gasteiger partial charge in [-0.1, -0.05) is 6.92 Å². The molecule has 8 atom stereocenters. The second kappa shape index (κ2) is 5.50. The SMILES string of the molecule is CC(=O)[C@H]1CC[C@H]2[C@@H]3CC(F)(F)[C@@H]4C[C@@](C)(O)CC[C@@H]4[C@H]3CC[C@]12C. The zero-order chi connectivity index (χ0) is 18.2. The Hall–Kier alpha value is -0.510. The van der Waals surface area contributed by atoms with Crippen molar-refractivity contribution in [1.29, 1.82) is 0 Å². The topological polar surface area (TPSA) is 37.3 Å². The first kappa shape index (κ1) is 17.9. The predicted molar refractivity (Wildman–Crippen MR) is 92.2 cm³/mol. The van der Waals surface area contributed by atoms with E-state index in [4.69, 9.17) is 0 Å². The molecule has 4 aliphatic carbocycles. The van der Waals surface area contributed by atoms with Gasteiger partial charge in [-0.25, -0.2) is 8.78 Å². The van der Waals surface area contributed by atoms with Crippen LogP contribution in [0.4, 0.5) is 8.78 Å². The number of carbonyl (C=O) groups excluding carboxylic acids is 1. The molecule has 1 N–H and O–H groups in total. The summed E-state index contributed by atoms with van der Waals surface area (Å²) in [5.41, 5.74) is -1.01. The Morgan fingerprint density at radius 2 is 1.60 bits per heavy atom. The summed E-state index contributed by atoms with van der Waals surface area (Å²) in [6, 6.07) is 0. The van der Waals surface area contributed by atoms with Gasteiger partial charge in [-0.3, -0.25) is 4.79 Å². The zero-order valence-electron chi connectivity index (χ0n) is 15.7. The molecule has 0 aliphatic heterocycles. The van der Waals surface area contributed by atoms with Gasteiger partial charge in [0.2, 0.25) is 0 Å². The van der Waals surface area contributed by atoms with E-state index in [-0.39, 0.29) is 47.7 Å². The van der Waals surface area contributed by atoms with E-state index in [1.807, 2.05) is 0 Å². The van der Waals surface area contributed by atoms with E-state index >= 15 is 8.78 Å². The maximum Gasteiger partial charge on any atom is 0.251 e. The maximum absolute atomic E-state index is 15.1. The standard InChI is InChI=1S/C21H32F2O2/c1-12(24)16-4-5-17-15-10-21(22,23)18-11-19(2,25)8-6-14(18)13(15)7-9-20(16,17)3/h13-18,25H,4-11H2,1-3H3/t13-,14-,15-,16-,17+,18-,19+,20-/m1/s1. The third kappa shape index (κ3) is 2.61. The summed E-state index contributed by atoms with van der Waals surface area (Å²) in [6.07, 6.45) is 5.40. The summed E-state index contributed by atoms with van der Waals surface area (Å²) in [5, 5.41) is 10.4. The van der Waals surface area contributed by atoms with Crippen LogP contribution in [-0.4, -0.2) is 22.4 Å². The number of alkyl halides is 2. The summed E-state index contributed by atoms with van der Waals surface area (Å²) < 4.78 is 30.2. The molecule has 0 radical (unpaired) electrons. The van der Waals surface area contributed by atoms with Crippen molar-refractivity contribution in [2.75, 3.05) is 0 Å². The van der Waals surface area contributed by atoms with E-state index in [0.717, 1.165) is 32.1 Å². The van der Waals surface area contributed by atoms with Gasteiger partial charge >= 0.3 is 0 Å². The van der Waals surface area contributed by atoms with Crippen LogP contribution in [0.15, 0.2) is 0 Å². The van der Waals surface area contributed by atoms with Gasteiger partial charge in [0.1, 0.15) is 5.78 Å². The van der Waals surface area contributed by atoms with Gasteiger partial charge < -0.3 is 5.11 Å². The number of hydrogen-bond acceptors (Lipinski definition) is 2. The highest BCUT2D eigenvalue weighted by molar-refractivity contribution is 5.79. The van der Waals surface area contributed by atoms with Gasteiger partial charge in [-0.05, 0) is 87.9 Å². The van der Waals surface area contributed by atoms with Crippen molar-refractivity contribution in [3.63, 3.8) is 0 Å². The molecule has 0 bridgehead atoms. The molecular formula is C21H32F2O2. The second-order valence-corrected chi connectivity index (χ2v) is 10.2. The molecule has 4 heteroatoms. The Balaban J connectivity index is 1.64. The van der Waals surface area contributed by atoms with Crippen molar-refractivity contribution in [3.05, 3.63) is 0 Å². The minimum atomic E-state index is -2.68. The minimum absolute atomic E-state index is 0.0280. The molecular weight excluding hydrogens is 322 g/mol. The average molecular weight is 354 g/mol. The maximum atomic E-state index is 15.1. The highest BCUT2D eigenvalue weighted by Crippen LogP contribution is 2.66. The molecule has 4 saturated carbocycles. The summed E-state index contributed by atoms with van der Waals surface area (Å²) in [6.45, 7) is 5.60. The van der Waals surface area contributed by atoms with E-state index < -0.39 is 17.4 Å². The second-order valence-electron chi connectivity index (χ2n) is 10.2. The van der Waals surface area contributed by atoms with Crippen molar-refractivity contribution >= 4 is 5.78 Å². The number of fused-ring (bicyclic) bond motifs is 5. The van der Waals surface area contributed by atoms with E-state index in [2.05, 4.69) is 6.92 Å². The van der Waals surface area contributed by atoms with Gasteiger partial charge in [0.15, 0.2) is 0 Å². The van der Waals surface area contributed by atoms with Crippen LogP contribution < -0.4 is 0 Å². The van der Waals surface area contributed by atoms with Crippen LogP contribution in [0.3, 0.4) is 0 Å². The van der Waals surface area contributed by atoms with Crippen molar-refractivity contribution in [2.24, 2.45) is 40.9 Å². The molecule has 142 valence electrons. The molecule has 0 aromatic carbocycles. The number of rotatable bonds is 1. The van der Waals surface area contributed by atoms with Crippen LogP contribution in [0.1, 0.15) is 72.1 Å². The smallest absolute Gasteiger partial charge is 0.251 e. The summed E-state index contributed by atoms with van der Waals surface area (Å²) in [4.78, 5) is 12.1. The Labute approximate surface area is 149 Å². The molecule has 0 aromatic heterocycles. The Kier molecular flexibility index (Phi) is 3.93. The predicted octanol–water partition coefficient (Wildman–Crippen LogP) is 4.84. The fraction of sp³-hybridized carbons (Fsp3) is 0.952. The van der Waals surface area contributed by atoms with Crippen LogP contribution in [0.5, 0.6) is 0 Å². The number of hydrogen-bond donors (Lipinski definition) is 1. The van der Waals surface area contributed by atoms with Crippen LogP contribution in [0, 0.1) is 40.9 Å². The summed E-state index contributed by atoms with van der Waals surface area (Å²) in [5.74, 6) is -2.28. The fourth-order valence-electron chi connectivity index (χ4n) is 7.66. The lowest BCUT2D eigenvalue weighted by molar-refractivity contribution is -0.210. The number of Topliss-reactive ketones (excluding diaryl/α,β-unsaturated/α-hetero) is 1. The minimum Gasteiger partial charge on any atom is -0.390 e. The van der Waals surface area contributed by atoms with Gasteiger partial charge in [-0.15, -0.1) is 0 Å². The van der Waals surface area contributed by atoms with Crippen LogP contribution in [0.25, 0.3) is 0 Å². The number of aliphatic hydroxyl groups is 1. The van der Waals surface area contributed by atoms with Gasteiger partial charge in [0, 0.05) is 18.3 Å². The largest absolute Gasteiger partial charge is 0.390 e. The molecule has 0 heterocycles. The lowest BCUT2D eigenvalue weighted by Crippen LogP contribution is -2.57. The Bertz CT molecular complexity index is 572. The summed E-state index contributed by atoms with van der Waals surface area (Å²) >= 11 is 0. The van der Waals surface area contributed by atoms with Gasteiger partial charge in [0.25, 0.3) is 5.92 Å². The molecule has 2 nitrogen and oxygen atoms in total. The van der Waals surface area contributed by atoms with Gasteiger partial charge in [0.05, 0.1) is 5.60 Å². The Morgan fingerprint density at radius 3 is 2.28 bits per heavy atom. The quantitative estimate of drug-likeness (QED) is 0.731. The van der Waals surface area contributed by atoms with Crippen molar-refractivity contribution in [2.45, 2.75) is 83.7 Å². The van der Waals surface area contributed by atoms with E-state index in [1.54, 1.807) is 13.8 Å². The molecule has 4 rings (SSSR count). The molecule has 0 unspecified atom stereocenters. The van der Waals surface area contributed by atoms with Crippen LogP contribution in [0.2, 0.25) is 0 Å². The first-order valence-electron chi connectivity index (χ1n) is 10.2. The van der Waals surface area contributed by atoms with E-state index in [0.29, 0.717) is 12.3 Å². The molecule has 4 fully saturated rings. The molecule has 0 aromatic rings. The number of halogens is 2. The van der Waals surface area contributed by atoms with Crippen molar-refractivity contribution in [3.8, 4) is 0 Å². The van der Waals surface area contributed by atoms with E-state index in [1.165, 1.54) is 0 Å². The lowest BCUT2D eigenvalue weighted by atomic mass is 9.48. The lowest BCUT2D eigenvalue weighted by Gasteiger charge is -2.58. The third-order valence-corrected chi connectivity index (χ3v) is 8.78. The highest BCUT2D eigenvalue weighted by Gasteiger charge is 2.64. The normalized spacial score (nSPS) is 54.3. The van der Waals surface area contributed by atoms with Crippen molar-refractivity contribution in [1.82, 2.24) is 0 Å². The van der Waals surface area contributed by atoms with Crippen molar-refractivity contribution < 1.29 is 18.7 Å². The van der Waals surface area contributed by atoms with Crippen LogP contribution >= 0.6 is 0 Å². The highest BCUT2D eigenvalue weighted by atomic mass is 19.3. The fourth-order valence-corrected chi connectivity index (χ4v) is 7.66. The zero-order valence-corrected chi connectivity index (χ0v) is 15.7. The molecule has 25 heavy (non-hydrogen) atoms. The molecule has 4 aliphatic rings. The van der Waals surface area contributed by atoms with Gasteiger partial charge in [-0.2, -0.15) is 0 Å². The Morgan fingerprint density at radius 1 is 0.920 bits per heavy atom. The third-order valence-electron chi connectivity index (χ3n) is 8.78. The molecule has 0 spiro atoms. The van der Waals surface area contributed by atoms with Crippen LogP contribution in [-0.2, 0) is 4.79 Å². The number of carbonyl (C=O) groups is 1. The van der Waals surface area contributed by atoms with E-state index in [9.17, 15) is 9.90 Å². The monoisotopic (exact) mass is 354 g/mol. The molecule has 0 amide bonds. The number of ketones is 1. The summed E-state index contributed by atoms with van der Waals surface area (Å²) in [7, 11) is 0.